The van der Waals surface area contributed by atoms with E-state index in [2.05, 4.69) is 30.4 Å². The first-order valence-electron chi connectivity index (χ1n) is 22.4. The summed E-state index contributed by atoms with van der Waals surface area (Å²) in [7, 11) is 0. The van der Waals surface area contributed by atoms with Crippen molar-refractivity contribution in [3.8, 4) is 0 Å². The number of ether oxygens (including phenoxy) is 2. The quantitative estimate of drug-likeness (QED) is 0.105. The minimum atomic E-state index is -0.897. The van der Waals surface area contributed by atoms with Crippen molar-refractivity contribution in [2.24, 2.45) is 0 Å². The summed E-state index contributed by atoms with van der Waals surface area (Å²) >= 11 is 5.95. The standard InChI is InChI=1S/C24H31ClN4O3.C24H30F2N4O3/c1-3-32-16-4-11-26-23(30)20-7-10-22(27-17-20)28-12-14-29(15-13-28)24(31)18(2)19-5-8-21(25)9-6-19;1-2-33-15-3-10-27-24(32)19-6-8-22(28-17-19)29-11-13-30(14-12-29)23(31)9-5-18-4-7-20(25)21(26)16-18/h5-10,17-18H,3-4,11-16H2,1-2H3,(H,26,30);4,6-8,16-17H,2-3,5,9-15H2,1H3,(H,27,32). The third-order valence-corrected chi connectivity index (χ3v) is 11.4. The van der Waals surface area contributed by atoms with Crippen LogP contribution in [0.1, 0.15) is 77.8 Å². The van der Waals surface area contributed by atoms with Gasteiger partial charge in [0.15, 0.2) is 11.6 Å². The van der Waals surface area contributed by atoms with Crippen molar-refractivity contribution in [2.45, 2.75) is 52.4 Å². The van der Waals surface area contributed by atoms with E-state index in [9.17, 15) is 28.0 Å². The fraction of sp³-hybridized carbons (Fsp3) is 0.458. The van der Waals surface area contributed by atoms with Crippen LogP contribution in [-0.4, -0.2) is 135 Å². The molecule has 2 N–H and O–H groups in total. The van der Waals surface area contributed by atoms with Gasteiger partial charge in [0.1, 0.15) is 11.6 Å². The molecule has 2 aliphatic heterocycles. The third-order valence-electron chi connectivity index (χ3n) is 11.2. The molecule has 4 amide bonds. The molecule has 0 radical (unpaired) electrons. The van der Waals surface area contributed by atoms with Gasteiger partial charge in [-0.1, -0.05) is 29.8 Å². The predicted octanol–water partition coefficient (Wildman–Crippen LogP) is 6.14. The van der Waals surface area contributed by atoms with Gasteiger partial charge in [0.2, 0.25) is 11.8 Å². The molecule has 17 heteroatoms. The first-order chi connectivity index (χ1) is 31.5. The fourth-order valence-corrected chi connectivity index (χ4v) is 7.40. The molecule has 2 aliphatic rings. The smallest absolute Gasteiger partial charge is 0.252 e. The molecule has 14 nitrogen and oxygen atoms in total. The number of pyridine rings is 2. The van der Waals surface area contributed by atoms with Gasteiger partial charge in [-0.05, 0) is 99.7 Å². The van der Waals surface area contributed by atoms with Crippen LogP contribution in [0.3, 0.4) is 0 Å². The highest BCUT2D eigenvalue weighted by Crippen LogP contribution is 2.23. The average molecular weight is 920 g/mol. The van der Waals surface area contributed by atoms with Gasteiger partial charge in [-0.25, -0.2) is 18.7 Å². The molecule has 2 fully saturated rings. The third kappa shape index (κ3) is 15.7. The van der Waals surface area contributed by atoms with Gasteiger partial charge in [0, 0.05) is 116 Å². The monoisotopic (exact) mass is 918 g/mol. The second kappa shape index (κ2) is 26.3. The van der Waals surface area contributed by atoms with E-state index in [1.807, 2.05) is 62.1 Å². The molecule has 1 unspecified atom stereocenters. The summed E-state index contributed by atoms with van der Waals surface area (Å²) in [4.78, 5) is 66.6. The Balaban J connectivity index is 0.000000244. The van der Waals surface area contributed by atoms with Gasteiger partial charge in [0.25, 0.3) is 11.8 Å². The van der Waals surface area contributed by atoms with Gasteiger partial charge in [-0.2, -0.15) is 0 Å². The summed E-state index contributed by atoms with van der Waals surface area (Å²) in [6.07, 6.45) is 5.32. The number of hydrogen-bond donors (Lipinski definition) is 2. The second-order valence-electron chi connectivity index (χ2n) is 15.6. The average Bonchev–Trinajstić information content (AvgIpc) is 3.34. The second-order valence-corrected chi connectivity index (χ2v) is 16.1. The highest BCUT2D eigenvalue weighted by molar-refractivity contribution is 6.30. The molecule has 65 heavy (non-hydrogen) atoms. The Labute approximate surface area is 385 Å². The van der Waals surface area contributed by atoms with Gasteiger partial charge in [-0.3, -0.25) is 19.2 Å². The molecule has 6 rings (SSSR count). The molecule has 0 saturated carbocycles. The molecule has 4 aromatic rings. The first kappa shape index (κ1) is 50.3. The Kier molecular flexibility index (Phi) is 20.3. The van der Waals surface area contributed by atoms with Crippen LogP contribution in [0, 0.1) is 11.6 Å². The van der Waals surface area contributed by atoms with Crippen LogP contribution in [-0.2, 0) is 25.5 Å². The number of nitrogens with one attached hydrogen (secondary N) is 2. The van der Waals surface area contributed by atoms with Crippen LogP contribution in [0.5, 0.6) is 0 Å². The van der Waals surface area contributed by atoms with Crippen LogP contribution >= 0.6 is 11.6 Å². The molecule has 0 aliphatic carbocycles. The maximum Gasteiger partial charge on any atom is 0.252 e. The first-order valence-corrected chi connectivity index (χ1v) is 22.7. The van der Waals surface area contributed by atoms with Crippen molar-refractivity contribution in [3.05, 3.63) is 118 Å². The van der Waals surface area contributed by atoms with E-state index >= 15 is 0 Å². The zero-order valence-electron chi connectivity index (χ0n) is 37.6. The number of halogens is 3. The molecule has 350 valence electrons. The summed E-state index contributed by atoms with van der Waals surface area (Å²) in [5, 5.41) is 6.39. The number of carbonyl (C=O) groups is 4. The number of nitrogens with zero attached hydrogens (tertiary/aromatic N) is 6. The van der Waals surface area contributed by atoms with Gasteiger partial charge in [-0.15, -0.1) is 0 Å². The van der Waals surface area contributed by atoms with Crippen molar-refractivity contribution >= 4 is 46.9 Å². The van der Waals surface area contributed by atoms with E-state index < -0.39 is 11.6 Å². The molecule has 0 bridgehead atoms. The number of aromatic nitrogens is 2. The Morgan fingerprint density at radius 1 is 0.677 bits per heavy atom. The summed E-state index contributed by atoms with van der Waals surface area (Å²) in [6, 6.07) is 18.4. The van der Waals surface area contributed by atoms with Crippen molar-refractivity contribution in [3.63, 3.8) is 0 Å². The number of benzene rings is 2. The Morgan fingerprint density at radius 2 is 1.18 bits per heavy atom. The zero-order valence-corrected chi connectivity index (χ0v) is 38.3. The van der Waals surface area contributed by atoms with Crippen LogP contribution in [0.15, 0.2) is 79.1 Å². The van der Waals surface area contributed by atoms with Crippen LogP contribution < -0.4 is 20.4 Å². The normalized spacial score (nSPS) is 14.3. The van der Waals surface area contributed by atoms with Crippen molar-refractivity contribution < 1.29 is 37.4 Å². The lowest BCUT2D eigenvalue weighted by Crippen LogP contribution is -2.50. The van der Waals surface area contributed by atoms with Crippen molar-refractivity contribution in [1.82, 2.24) is 30.4 Å². The van der Waals surface area contributed by atoms with Crippen molar-refractivity contribution in [2.75, 3.05) is 102 Å². The van der Waals surface area contributed by atoms with Crippen LogP contribution in [0.25, 0.3) is 0 Å². The van der Waals surface area contributed by atoms with Gasteiger partial charge >= 0.3 is 0 Å². The molecular weight excluding hydrogens is 858 g/mol. The molecule has 0 spiro atoms. The van der Waals surface area contributed by atoms with Gasteiger partial charge < -0.3 is 39.7 Å². The number of hydrogen-bond acceptors (Lipinski definition) is 10. The molecule has 4 heterocycles. The summed E-state index contributed by atoms with van der Waals surface area (Å²) in [5.41, 5.74) is 2.61. The molecular formula is C48H61ClF2N8O6. The van der Waals surface area contributed by atoms with E-state index in [0.717, 1.165) is 42.2 Å². The van der Waals surface area contributed by atoms with Gasteiger partial charge in [0.05, 0.1) is 17.0 Å². The zero-order chi connectivity index (χ0) is 46.6. The SMILES string of the molecule is CCOCCCNC(=O)c1ccc(N2CCN(C(=O)C(C)c3ccc(Cl)cc3)CC2)nc1.CCOCCCNC(=O)c1ccc(N2CCN(C(=O)CCc3ccc(F)c(F)c3)CC2)nc1. The number of piperazine rings is 2. The van der Waals surface area contributed by atoms with E-state index in [0.29, 0.717) is 120 Å². The Morgan fingerprint density at radius 3 is 1.65 bits per heavy atom. The summed E-state index contributed by atoms with van der Waals surface area (Å²) < 4.78 is 36.9. The minimum Gasteiger partial charge on any atom is -0.382 e. The number of carbonyl (C=O) groups excluding carboxylic acids is 4. The van der Waals surface area contributed by atoms with E-state index in [-0.39, 0.29) is 36.0 Å². The predicted molar refractivity (Wildman–Crippen MR) is 247 cm³/mol. The maximum absolute atomic E-state index is 13.3. The number of anilines is 2. The van der Waals surface area contributed by atoms with Crippen LogP contribution in [0.4, 0.5) is 20.4 Å². The summed E-state index contributed by atoms with van der Waals surface area (Å²) in [5.74, 6) is -0.600. The molecule has 2 saturated heterocycles. The van der Waals surface area contributed by atoms with Crippen LogP contribution in [0.2, 0.25) is 5.02 Å². The lowest BCUT2D eigenvalue weighted by molar-refractivity contribution is -0.133. The minimum absolute atomic E-state index is 0.0105. The largest absolute Gasteiger partial charge is 0.382 e. The molecule has 2 aromatic carbocycles. The maximum atomic E-state index is 13.3. The van der Waals surface area contributed by atoms with E-state index in [1.54, 1.807) is 29.4 Å². The molecule has 1 atom stereocenters. The lowest BCUT2D eigenvalue weighted by Gasteiger charge is -2.36. The number of aryl methyl sites for hydroxylation is 1. The molecule has 2 aromatic heterocycles. The highest BCUT2D eigenvalue weighted by Gasteiger charge is 2.27. The topological polar surface area (TPSA) is 150 Å². The van der Waals surface area contributed by atoms with E-state index in [4.69, 9.17) is 21.1 Å². The highest BCUT2D eigenvalue weighted by atomic mass is 35.5. The van der Waals surface area contributed by atoms with Crippen molar-refractivity contribution in [1.29, 1.82) is 0 Å². The number of amides is 4. The Bertz CT molecular complexity index is 2120. The fourth-order valence-electron chi connectivity index (χ4n) is 7.27. The number of rotatable bonds is 19. The lowest BCUT2D eigenvalue weighted by atomic mass is 9.99. The Hall–Kier alpha value is -5.71. The van der Waals surface area contributed by atoms with E-state index in [1.165, 1.54) is 6.07 Å². The summed E-state index contributed by atoms with van der Waals surface area (Å²) in [6.45, 7) is 14.6.